The zero-order valence-corrected chi connectivity index (χ0v) is 19.2. The Balaban J connectivity index is 1.50. The van der Waals surface area contributed by atoms with Crippen LogP contribution >= 0.6 is 11.6 Å². The first-order chi connectivity index (χ1) is 16.0. The van der Waals surface area contributed by atoms with Crippen LogP contribution in [-0.4, -0.2) is 50.9 Å². The molecule has 5 rings (SSSR count). The molecule has 8 nitrogen and oxygen atoms in total. The number of piperidine rings is 1. The summed E-state index contributed by atoms with van der Waals surface area (Å²) in [6.45, 7) is 3.60. The number of rotatable bonds is 2. The summed E-state index contributed by atoms with van der Waals surface area (Å²) in [5, 5.41) is 9.65. The van der Waals surface area contributed by atoms with Crippen molar-refractivity contribution >= 4 is 23.5 Å². The number of pyridine rings is 1. The summed E-state index contributed by atoms with van der Waals surface area (Å²) in [6.07, 6.45) is 2.75. The topological polar surface area (TPSA) is 76.4 Å². The molecule has 1 unspecified atom stereocenters. The van der Waals surface area contributed by atoms with Crippen molar-refractivity contribution in [3.63, 3.8) is 0 Å². The first kappa shape index (κ1) is 21.6. The van der Waals surface area contributed by atoms with Gasteiger partial charge < -0.3 is 9.64 Å². The highest BCUT2D eigenvalue weighted by atomic mass is 35.5. The normalized spacial score (nSPS) is 18.5. The van der Waals surface area contributed by atoms with Crippen molar-refractivity contribution in [2.45, 2.75) is 38.3 Å². The first-order valence-electron chi connectivity index (χ1n) is 10.9. The quantitative estimate of drug-likeness (QED) is 0.549. The van der Waals surface area contributed by atoms with Gasteiger partial charge >= 0.3 is 6.09 Å². The van der Waals surface area contributed by atoms with Crippen LogP contribution < -0.4 is 4.90 Å². The van der Waals surface area contributed by atoms with Crippen molar-refractivity contribution in [1.29, 1.82) is 0 Å². The Morgan fingerprint density at radius 2 is 1.94 bits per heavy atom. The monoisotopic (exact) mass is 470 g/mol. The van der Waals surface area contributed by atoms with Gasteiger partial charge in [-0.1, -0.05) is 11.6 Å². The Hall–Kier alpha value is -3.20. The van der Waals surface area contributed by atoms with Crippen LogP contribution in [0.5, 0.6) is 0 Å². The minimum atomic E-state index is -0.433. The van der Waals surface area contributed by atoms with E-state index < -0.39 is 6.09 Å². The molecule has 1 amide bonds. The summed E-state index contributed by atoms with van der Waals surface area (Å²) < 4.78 is 21.3. The molecule has 1 saturated heterocycles. The minimum absolute atomic E-state index is 0.134. The van der Waals surface area contributed by atoms with Gasteiger partial charge in [-0.15, -0.1) is 10.2 Å². The number of halogens is 2. The van der Waals surface area contributed by atoms with E-state index in [2.05, 4.69) is 19.7 Å². The standard InChI is InChI=1S/C23H24ClFN6O2/c1-14-20-27-28-21(15-7-10-29(11-8-15)22-18(25)4-3-9-26-22)31(20)19-6-5-17(24)12-16(19)13-30(14)23(32)33-2/h3-6,9,12,14-15H,7-8,10-11,13H2,1-2H3. The number of nitrogens with zero attached hydrogens (tertiary/aromatic N) is 6. The highest BCUT2D eigenvalue weighted by Crippen LogP contribution is 2.37. The van der Waals surface area contributed by atoms with Gasteiger partial charge in [-0.25, -0.2) is 14.2 Å². The maximum Gasteiger partial charge on any atom is 0.410 e. The molecule has 0 bridgehead atoms. The summed E-state index contributed by atoms with van der Waals surface area (Å²) in [5.41, 5.74) is 1.80. The summed E-state index contributed by atoms with van der Waals surface area (Å²) >= 11 is 6.29. The van der Waals surface area contributed by atoms with Crippen molar-refractivity contribution in [3.05, 3.63) is 64.6 Å². The van der Waals surface area contributed by atoms with Gasteiger partial charge in [0.2, 0.25) is 0 Å². The molecule has 10 heteroatoms. The fourth-order valence-electron chi connectivity index (χ4n) is 4.75. The third kappa shape index (κ3) is 3.80. The molecule has 2 aliphatic heterocycles. The average molecular weight is 471 g/mol. The van der Waals surface area contributed by atoms with Gasteiger partial charge in [0.25, 0.3) is 0 Å². The second-order valence-electron chi connectivity index (χ2n) is 8.37. The van der Waals surface area contributed by atoms with Crippen LogP contribution in [-0.2, 0) is 11.3 Å². The molecule has 33 heavy (non-hydrogen) atoms. The zero-order chi connectivity index (χ0) is 23.1. The number of carbonyl (C=O) groups excluding carboxylic acids is 1. The summed E-state index contributed by atoms with van der Waals surface area (Å²) in [4.78, 5) is 20.3. The van der Waals surface area contributed by atoms with E-state index >= 15 is 0 Å². The molecule has 0 spiro atoms. The van der Waals surface area contributed by atoms with Crippen molar-refractivity contribution in [2.75, 3.05) is 25.1 Å². The van der Waals surface area contributed by atoms with Crippen LogP contribution in [0, 0.1) is 5.82 Å². The largest absolute Gasteiger partial charge is 0.453 e. The number of fused-ring (bicyclic) bond motifs is 3. The maximum atomic E-state index is 14.2. The van der Waals surface area contributed by atoms with Crippen molar-refractivity contribution < 1.29 is 13.9 Å². The van der Waals surface area contributed by atoms with E-state index in [1.165, 1.54) is 13.2 Å². The van der Waals surface area contributed by atoms with Crippen LogP contribution in [0.2, 0.25) is 5.02 Å². The van der Waals surface area contributed by atoms with E-state index in [-0.39, 0.29) is 17.8 Å². The van der Waals surface area contributed by atoms with Crippen molar-refractivity contribution in [2.24, 2.45) is 0 Å². The highest BCUT2D eigenvalue weighted by molar-refractivity contribution is 6.30. The van der Waals surface area contributed by atoms with Crippen LogP contribution in [0.3, 0.4) is 0 Å². The van der Waals surface area contributed by atoms with E-state index in [4.69, 9.17) is 16.3 Å². The highest BCUT2D eigenvalue weighted by Gasteiger charge is 2.35. The molecule has 0 saturated carbocycles. The first-order valence-corrected chi connectivity index (χ1v) is 11.3. The molecule has 4 heterocycles. The molecule has 0 aliphatic carbocycles. The SMILES string of the molecule is COC(=O)N1Cc2cc(Cl)ccc2-n2c(C3CCN(c4ncccc4F)CC3)nnc2C1C. The second-order valence-corrected chi connectivity index (χ2v) is 8.81. The van der Waals surface area contributed by atoms with Gasteiger partial charge in [0.15, 0.2) is 17.5 Å². The molecule has 1 atom stereocenters. The molecule has 3 aromatic rings. The summed E-state index contributed by atoms with van der Waals surface area (Å²) in [5.74, 6) is 1.73. The lowest BCUT2D eigenvalue weighted by atomic mass is 9.95. The molecular formula is C23H24ClFN6O2. The van der Waals surface area contributed by atoms with Gasteiger partial charge in [0.05, 0.1) is 25.4 Å². The number of hydrogen-bond acceptors (Lipinski definition) is 6. The van der Waals surface area contributed by atoms with E-state index in [0.717, 1.165) is 29.9 Å². The Morgan fingerprint density at radius 3 is 2.67 bits per heavy atom. The molecule has 0 N–H and O–H groups in total. The van der Waals surface area contributed by atoms with Gasteiger partial charge in [0, 0.05) is 30.2 Å². The molecule has 0 radical (unpaired) electrons. The lowest BCUT2D eigenvalue weighted by molar-refractivity contribution is 0.103. The minimum Gasteiger partial charge on any atom is -0.453 e. The van der Waals surface area contributed by atoms with E-state index in [0.29, 0.717) is 36.3 Å². The van der Waals surface area contributed by atoms with Gasteiger partial charge in [0.1, 0.15) is 5.82 Å². The molecule has 2 aliphatic rings. The Kier molecular flexibility index (Phi) is 5.65. The van der Waals surface area contributed by atoms with Crippen molar-refractivity contribution in [3.8, 4) is 5.69 Å². The van der Waals surface area contributed by atoms with Gasteiger partial charge in [-0.3, -0.25) is 9.47 Å². The Labute approximate surface area is 195 Å². The molecule has 1 fully saturated rings. The number of benzene rings is 1. The number of amides is 1. The fraction of sp³-hybridized carbons (Fsp3) is 0.391. The van der Waals surface area contributed by atoms with Crippen LogP contribution in [0.1, 0.15) is 48.9 Å². The van der Waals surface area contributed by atoms with Gasteiger partial charge in [-0.2, -0.15) is 0 Å². The predicted octanol–water partition coefficient (Wildman–Crippen LogP) is 4.48. The number of hydrogen-bond donors (Lipinski definition) is 0. The summed E-state index contributed by atoms with van der Waals surface area (Å²) in [7, 11) is 1.37. The van der Waals surface area contributed by atoms with E-state index in [1.807, 2.05) is 30.0 Å². The van der Waals surface area contributed by atoms with Crippen molar-refractivity contribution in [1.82, 2.24) is 24.6 Å². The third-order valence-corrected chi connectivity index (χ3v) is 6.72. The van der Waals surface area contributed by atoms with Crippen LogP contribution in [0.25, 0.3) is 5.69 Å². The smallest absolute Gasteiger partial charge is 0.410 e. The Bertz CT molecular complexity index is 1190. The van der Waals surface area contributed by atoms with Gasteiger partial charge in [-0.05, 0) is 55.7 Å². The number of aromatic nitrogens is 4. The Morgan fingerprint density at radius 1 is 1.18 bits per heavy atom. The lowest BCUT2D eigenvalue weighted by Gasteiger charge is -2.32. The van der Waals surface area contributed by atoms with Crippen LogP contribution in [0.15, 0.2) is 36.5 Å². The predicted molar refractivity (Wildman–Crippen MR) is 121 cm³/mol. The van der Waals surface area contributed by atoms with Crippen LogP contribution in [0.4, 0.5) is 15.0 Å². The number of ether oxygens (including phenoxy) is 1. The second kappa shape index (κ2) is 8.62. The molecule has 172 valence electrons. The molecule has 1 aromatic carbocycles. The lowest BCUT2D eigenvalue weighted by Crippen LogP contribution is -2.35. The molecule has 2 aromatic heterocycles. The number of anilines is 1. The zero-order valence-electron chi connectivity index (χ0n) is 18.4. The fourth-order valence-corrected chi connectivity index (χ4v) is 4.94. The van der Waals surface area contributed by atoms with E-state index in [9.17, 15) is 9.18 Å². The summed E-state index contributed by atoms with van der Waals surface area (Å²) in [6, 6.07) is 8.33. The third-order valence-electron chi connectivity index (χ3n) is 6.49. The average Bonchev–Trinajstić information content (AvgIpc) is 3.22. The number of methoxy groups -OCH3 is 1. The maximum absolute atomic E-state index is 14.2. The van der Waals surface area contributed by atoms with E-state index in [1.54, 1.807) is 17.2 Å². The number of carbonyl (C=O) groups is 1. The molecular weight excluding hydrogens is 447 g/mol.